The summed E-state index contributed by atoms with van der Waals surface area (Å²) in [5.74, 6) is 5.93. The molecule has 164 valence electrons. The van der Waals surface area contributed by atoms with Crippen molar-refractivity contribution in [3.05, 3.63) is 59.9 Å². The van der Waals surface area contributed by atoms with E-state index in [0.29, 0.717) is 16.5 Å². The van der Waals surface area contributed by atoms with E-state index >= 15 is 0 Å². The van der Waals surface area contributed by atoms with Crippen molar-refractivity contribution < 1.29 is 22.7 Å². The molecule has 0 fully saturated rings. The number of hydrogen-bond donors (Lipinski definition) is 1. The average Bonchev–Trinajstić information content (AvgIpc) is 3.12. The van der Waals surface area contributed by atoms with Crippen LogP contribution in [-0.4, -0.2) is 45.1 Å². The molecule has 1 unspecified atom stereocenters. The SMILES string of the molecule is CC(c1ccc(F)cc1)N(C)C(=O)CSc1nnc(-c2ccc(OC(F)F)cc2)n1N. The molecule has 1 aromatic heterocycles. The molecular weight excluding hydrogens is 431 g/mol. The zero-order valence-corrected chi connectivity index (χ0v) is 17.5. The van der Waals surface area contributed by atoms with Crippen molar-refractivity contribution in [2.24, 2.45) is 0 Å². The van der Waals surface area contributed by atoms with Gasteiger partial charge in [0, 0.05) is 12.6 Å². The summed E-state index contributed by atoms with van der Waals surface area (Å²) in [6.45, 7) is -1.06. The second-order valence-electron chi connectivity index (χ2n) is 6.60. The van der Waals surface area contributed by atoms with Crippen LogP contribution >= 0.6 is 11.8 Å². The highest BCUT2D eigenvalue weighted by atomic mass is 32.2. The summed E-state index contributed by atoms with van der Waals surface area (Å²) < 4.78 is 43.2. The molecule has 0 saturated carbocycles. The third kappa shape index (κ3) is 5.48. The largest absolute Gasteiger partial charge is 0.435 e. The van der Waals surface area contributed by atoms with Gasteiger partial charge in [-0.15, -0.1) is 10.2 Å². The molecule has 0 spiro atoms. The molecular formula is C20H20F3N5O2S. The van der Waals surface area contributed by atoms with Gasteiger partial charge in [-0.05, 0) is 48.9 Å². The van der Waals surface area contributed by atoms with Gasteiger partial charge in [-0.3, -0.25) is 4.79 Å². The number of ether oxygens (including phenoxy) is 1. The summed E-state index contributed by atoms with van der Waals surface area (Å²) in [4.78, 5) is 14.1. The van der Waals surface area contributed by atoms with Gasteiger partial charge < -0.3 is 15.5 Å². The fraction of sp³-hybridized carbons (Fsp3) is 0.250. The van der Waals surface area contributed by atoms with E-state index in [1.54, 1.807) is 24.1 Å². The first-order valence-electron chi connectivity index (χ1n) is 9.16. The summed E-state index contributed by atoms with van der Waals surface area (Å²) in [5.41, 5.74) is 1.36. The van der Waals surface area contributed by atoms with Gasteiger partial charge >= 0.3 is 6.61 Å². The van der Waals surface area contributed by atoms with Crippen LogP contribution in [0.4, 0.5) is 13.2 Å². The van der Waals surface area contributed by atoms with Gasteiger partial charge in [0.15, 0.2) is 5.82 Å². The lowest BCUT2D eigenvalue weighted by Gasteiger charge is -2.25. The molecule has 3 aromatic rings. The van der Waals surface area contributed by atoms with Crippen LogP contribution in [0, 0.1) is 5.82 Å². The molecule has 2 aromatic carbocycles. The number of carbonyl (C=O) groups excluding carboxylic acids is 1. The molecule has 0 saturated heterocycles. The topological polar surface area (TPSA) is 86.3 Å². The van der Waals surface area contributed by atoms with Crippen LogP contribution in [0.2, 0.25) is 0 Å². The van der Waals surface area contributed by atoms with Gasteiger partial charge in [-0.25, -0.2) is 9.07 Å². The minimum atomic E-state index is -2.91. The molecule has 31 heavy (non-hydrogen) atoms. The molecule has 0 bridgehead atoms. The first-order valence-corrected chi connectivity index (χ1v) is 10.1. The van der Waals surface area contributed by atoms with Crippen molar-refractivity contribution in [1.82, 2.24) is 19.8 Å². The predicted octanol–water partition coefficient (Wildman–Crippen LogP) is 3.71. The first kappa shape index (κ1) is 22.5. The van der Waals surface area contributed by atoms with Gasteiger partial charge in [0.1, 0.15) is 11.6 Å². The third-order valence-electron chi connectivity index (χ3n) is 4.65. The maximum atomic E-state index is 13.1. The molecule has 0 radical (unpaired) electrons. The van der Waals surface area contributed by atoms with E-state index in [0.717, 1.165) is 17.3 Å². The number of halogens is 3. The van der Waals surface area contributed by atoms with Crippen molar-refractivity contribution in [1.29, 1.82) is 0 Å². The zero-order valence-electron chi connectivity index (χ0n) is 16.7. The number of amides is 1. The standard InChI is InChI=1S/C20H20F3N5O2S/c1-12(13-3-7-15(21)8-4-13)27(2)17(29)11-31-20-26-25-18(28(20)24)14-5-9-16(10-6-14)30-19(22)23/h3-10,12,19H,11,24H2,1-2H3. The number of alkyl halides is 2. The second-order valence-corrected chi connectivity index (χ2v) is 7.54. The Morgan fingerprint density at radius 2 is 1.81 bits per heavy atom. The Labute approximate surface area is 181 Å². The smallest absolute Gasteiger partial charge is 0.387 e. The monoisotopic (exact) mass is 451 g/mol. The first-order chi connectivity index (χ1) is 14.8. The van der Waals surface area contributed by atoms with E-state index in [1.807, 2.05) is 6.92 Å². The van der Waals surface area contributed by atoms with Crippen LogP contribution < -0.4 is 10.6 Å². The lowest BCUT2D eigenvalue weighted by Crippen LogP contribution is -2.31. The van der Waals surface area contributed by atoms with Crippen molar-refractivity contribution in [2.45, 2.75) is 24.7 Å². The van der Waals surface area contributed by atoms with Gasteiger partial charge in [-0.2, -0.15) is 8.78 Å². The number of rotatable bonds is 8. The summed E-state index contributed by atoms with van der Waals surface area (Å²) in [7, 11) is 1.67. The quantitative estimate of drug-likeness (QED) is 0.415. The molecule has 3 rings (SSSR count). The van der Waals surface area contributed by atoms with Crippen LogP contribution in [0.1, 0.15) is 18.5 Å². The number of aromatic nitrogens is 3. The number of nitrogen functional groups attached to an aromatic ring is 1. The molecule has 2 N–H and O–H groups in total. The summed E-state index contributed by atoms with van der Waals surface area (Å²) >= 11 is 1.11. The van der Waals surface area contributed by atoms with Crippen molar-refractivity contribution in [2.75, 3.05) is 18.6 Å². The maximum Gasteiger partial charge on any atom is 0.387 e. The van der Waals surface area contributed by atoms with E-state index in [9.17, 15) is 18.0 Å². The van der Waals surface area contributed by atoms with Gasteiger partial charge in [-0.1, -0.05) is 23.9 Å². The summed E-state index contributed by atoms with van der Waals surface area (Å²) in [6.07, 6.45) is 0. The predicted molar refractivity (Wildman–Crippen MR) is 111 cm³/mol. The number of benzene rings is 2. The number of nitrogens with zero attached hydrogens (tertiary/aromatic N) is 4. The molecule has 0 aliphatic carbocycles. The molecule has 11 heteroatoms. The van der Waals surface area contributed by atoms with E-state index in [2.05, 4.69) is 14.9 Å². The lowest BCUT2D eigenvalue weighted by molar-refractivity contribution is -0.128. The maximum absolute atomic E-state index is 13.1. The molecule has 7 nitrogen and oxygen atoms in total. The fourth-order valence-corrected chi connectivity index (χ4v) is 3.55. The normalized spacial score (nSPS) is 12.1. The van der Waals surface area contributed by atoms with E-state index in [1.165, 1.54) is 41.1 Å². The Hall–Kier alpha value is -3.21. The third-order valence-corrected chi connectivity index (χ3v) is 5.58. The Kier molecular flexibility index (Phi) is 7.06. The molecule has 1 heterocycles. The highest BCUT2D eigenvalue weighted by Gasteiger charge is 2.20. The highest BCUT2D eigenvalue weighted by Crippen LogP contribution is 2.25. The Balaban J connectivity index is 1.62. The zero-order chi connectivity index (χ0) is 22.5. The van der Waals surface area contributed by atoms with E-state index < -0.39 is 6.61 Å². The molecule has 0 aliphatic rings. The summed E-state index contributed by atoms with van der Waals surface area (Å²) in [6, 6.07) is 11.5. The second kappa shape index (κ2) is 9.73. The Morgan fingerprint density at radius 3 is 2.42 bits per heavy atom. The van der Waals surface area contributed by atoms with Gasteiger partial charge in [0.05, 0.1) is 11.8 Å². The molecule has 1 amide bonds. The number of nitrogens with two attached hydrogens (primary N) is 1. The van der Waals surface area contributed by atoms with E-state index in [-0.39, 0.29) is 29.3 Å². The highest BCUT2D eigenvalue weighted by molar-refractivity contribution is 7.99. The summed E-state index contributed by atoms with van der Waals surface area (Å²) in [5, 5.41) is 8.32. The van der Waals surface area contributed by atoms with Crippen LogP contribution in [0.15, 0.2) is 53.7 Å². The number of hydrogen-bond acceptors (Lipinski definition) is 6. The van der Waals surface area contributed by atoms with Crippen molar-refractivity contribution in [3.8, 4) is 17.1 Å². The minimum absolute atomic E-state index is 0.0142. The number of carbonyl (C=O) groups is 1. The van der Waals surface area contributed by atoms with Crippen LogP contribution in [0.3, 0.4) is 0 Å². The van der Waals surface area contributed by atoms with Crippen LogP contribution in [0.25, 0.3) is 11.4 Å². The lowest BCUT2D eigenvalue weighted by atomic mass is 10.1. The average molecular weight is 451 g/mol. The Bertz CT molecular complexity index is 1030. The van der Waals surface area contributed by atoms with Crippen LogP contribution in [0.5, 0.6) is 5.75 Å². The van der Waals surface area contributed by atoms with Crippen molar-refractivity contribution >= 4 is 17.7 Å². The fourth-order valence-electron chi connectivity index (χ4n) is 2.77. The minimum Gasteiger partial charge on any atom is -0.435 e. The number of thioether (sulfide) groups is 1. The Morgan fingerprint density at radius 1 is 1.16 bits per heavy atom. The molecule has 0 aliphatic heterocycles. The van der Waals surface area contributed by atoms with Crippen molar-refractivity contribution in [3.63, 3.8) is 0 Å². The molecule has 1 atom stereocenters. The van der Waals surface area contributed by atoms with Gasteiger partial charge in [0.25, 0.3) is 0 Å². The van der Waals surface area contributed by atoms with Gasteiger partial charge in [0.2, 0.25) is 11.1 Å². The van der Waals surface area contributed by atoms with E-state index in [4.69, 9.17) is 5.84 Å². The van der Waals surface area contributed by atoms with Crippen LogP contribution in [-0.2, 0) is 4.79 Å².